The standard InChI is InChI=1S/C21H33N3O4/c1-16(2)18-8-6-17(7-9-18)5-4-10-22-21(27)24-11-12-28-19(14-24)13-23(3)15-20(25)26/h6-9,16,19H,4-5,10-15H2,1-3H3,(H,22,27)(H,25,26). The zero-order valence-corrected chi connectivity index (χ0v) is 17.2. The number of carboxylic acid groups (broad SMARTS) is 1. The number of nitrogens with one attached hydrogen (secondary N) is 1. The first-order valence-electron chi connectivity index (χ1n) is 9.98. The lowest BCUT2D eigenvalue weighted by Crippen LogP contribution is -2.52. The van der Waals surface area contributed by atoms with Crippen LogP contribution in [0.4, 0.5) is 4.79 Å². The number of likely N-dealkylation sites (N-methyl/N-ethyl adjacent to an activating group) is 1. The second-order valence-electron chi connectivity index (χ2n) is 7.76. The van der Waals surface area contributed by atoms with E-state index < -0.39 is 5.97 Å². The molecule has 7 nitrogen and oxygen atoms in total. The van der Waals surface area contributed by atoms with Gasteiger partial charge in [-0.3, -0.25) is 9.69 Å². The Labute approximate surface area is 167 Å². The number of hydrogen-bond donors (Lipinski definition) is 2. The third-order valence-electron chi connectivity index (χ3n) is 4.91. The van der Waals surface area contributed by atoms with Crippen LogP contribution in [-0.4, -0.2) is 79.4 Å². The van der Waals surface area contributed by atoms with E-state index in [0.29, 0.717) is 38.7 Å². The van der Waals surface area contributed by atoms with Gasteiger partial charge in [-0.25, -0.2) is 4.79 Å². The fourth-order valence-electron chi connectivity index (χ4n) is 3.33. The van der Waals surface area contributed by atoms with Gasteiger partial charge in [0.1, 0.15) is 0 Å². The molecule has 0 bridgehead atoms. The Hall–Kier alpha value is -2.12. The van der Waals surface area contributed by atoms with E-state index in [1.165, 1.54) is 11.1 Å². The molecule has 1 aromatic rings. The molecule has 1 unspecified atom stereocenters. The molecule has 0 saturated carbocycles. The van der Waals surface area contributed by atoms with Crippen molar-refractivity contribution in [2.24, 2.45) is 0 Å². The van der Waals surface area contributed by atoms with Crippen molar-refractivity contribution in [1.82, 2.24) is 15.1 Å². The van der Waals surface area contributed by atoms with Gasteiger partial charge in [-0.05, 0) is 36.9 Å². The van der Waals surface area contributed by atoms with Gasteiger partial charge < -0.3 is 20.1 Å². The van der Waals surface area contributed by atoms with Gasteiger partial charge in [0.05, 0.1) is 19.3 Å². The van der Waals surface area contributed by atoms with E-state index in [1.54, 1.807) is 16.8 Å². The van der Waals surface area contributed by atoms with E-state index >= 15 is 0 Å². The van der Waals surface area contributed by atoms with Crippen molar-refractivity contribution < 1.29 is 19.4 Å². The number of amides is 2. The minimum Gasteiger partial charge on any atom is -0.480 e. The van der Waals surface area contributed by atoms with Crippen LogP contribution in [0, 0.1) is 0 Å². The van der Waals surface area contributed by atoms with E-state index in [-0.39, 0.29) is 18.7 Å². The highest BCUT2D eigenvalue weighted by Gasteiger charge is 2.25. The molecule has 2 N–H and O–H groups in total. The topological polar surface area (TPSA) is 82.1 Å². The predicted octanol–water partition coefficient (Wildman–Crippen LogP) is 2.17. The number of nitrogens with zero attached hydrogens (tertiary/aromatic N) is 2. The highest BCUT2D eigenvalue weighted by Crippen LogP contribution is 2.15. The Balaban J connectivity index is 1.68. The number of morpholine rings is 1. The number of urea groups is 1. The maximum atomic E-state index is 12.4. The molecule has 1 atom stereocenters. The lowest BCUT2D eigenvalue weighted by atomic mass is 10.0. The summed E-state index contributed by atoms with van der Waals surface area (Å²) in [6.07, 6.45) is 1.66. The number of rotatable bonds is 9. The van der Waals surface area contributed by atoms with Crippen molar-refractivity contribution >= 4 is 12.0 Å². The van der Waals surface area contributed by atoms with Gasteiger partial charge in [0, 0.05) is 26.2 Å². The molecule has 0 aliphatic carbocycles. The van der Waals surface area contributed by atoms with Crippen molar-refractivity contribution in [2.45, 2.75) is 38.7 Å². The van der Waals surface area contributed by atoms with Crippen LogP contribution in [0.15, 0.2) is 24.3 Å². The molecule has 7 heteroatoms. The zero-order chi connectivity index (χ0) is 20.5. The summed E-state index contributed by atoms with van der Waals surface area (Å²) in [6.45, 7) is 6.96. The molecule has 28 heavy (non-hydrogen) atoms. The van der Waals surface area contributed by atoms with E-state index in [0.717, 1.165) is 12.8 Å². The van der Waals surface area contributed by atoms with Gasteiger partial charge in [-0.2, -0.15) is 0 Å². The van der Waals surface area contributed by atoms with Crippen molar-refractivity contribution in [1.29, 1.82) is 0 Å². The number of aryl methyl sites for hydroxylation is 1. The second-order valence-corrected chi connectivity index (χ2v) is 7.76. The number of carbonyl (C=O) groups excluding carboxylic acids is 1. The monoisotopic (exact) mass is 391 g/mol. The number of benzene rings is 1. The number of carboxylic acids is 1. The number of ether oxygens (including phenoxy) is 1. The second kappa shape index (κ2) is 11.0. The maximum absolute atomic E-state index is 12.4. The van der Waals surface area contributed by atoms with Crippen molar-refractivity contribution in [3.05, 3.63) is 35.4 Å². The van der Waals surface area contributed by atoms with Crippen LogP contribution in [0.1, 0.15) is 37.3 Å². The van der Waals surface area contributed by atoms with Gasteiger partial charge in [0.25, 0.3) is 0 Å². The molecule has 0 spiro atoms. The Kier molecular flexibility index (Phi) is 8.73. The summed E-state index contributed by atoms with van der Waals surface area (Å²) in [5.74, 6) is -0.332. The molecule has 0 radical (unpaired) electrons. The van der Waals surface area contributed by atoms with Crippen LogP contribution in [0.2, 0.25) is 0 Å². The van der Waals surface area contributed by atoms with Gasteiger partial charge in [-0.1, -0.05) is 38.1 Å². The molecule has 1 saturated heterocycles. The molecular formula is C21H33N3O4. The summed E-state index contributed by atoms with van der Waals surface area (Å²) < 4.78 is 5.66. The smallest absolute Gasteiger partial charge is 0.317 e. The lowest BCUT2D eigenvalue weighted by Gasteiger charge is -2.34. The fraction of sp³-hybridized carbons (Fsp3) is 0.619. The van der Waals surface area contributed by atoms with Crippen LogP contribution < -0.4 is 5.32 Å². The van der Waals surface area contributed by atoms with Crippen molar-refractivity contribution in [2.75, 3.05) is 46.4 Å². The van der Waals surface area contributed by atoms with Crippen LogP contribution >= 0.6 is 0 Å². The molecule has 2 rings (SSSR count). The third kappa shape index (κ3) is 7.48. The third-order valence-corrected chi connectivity index (χ3v) is 4.91. The highest BCUT2D eigenvalue weighted by atomic mass is 16.5. The summed E-state index contributed by atoms with van der Waals surface area (Å²) in [4.78, 5) is 26.6. The SMILES string of the molecule is CC(C)c1ccc(CCCNC(=O)N2CCOC(CN(C)CC(=O)O)C2)cc1. The summed E-state index contributed by atoms with van der Waals surface area (Å²) in [5.41, 5.74) is 2.62. The first-order chi connectivity index (χ1) is 13.3. The van der Waals surface area contributed by atoms with Crippen molar-refractivity contribution in [3.63, 3.8) is 0 Å². The van der Waals surface area contributed by atoms with Crippen LogP contribution in [-0.2, 0) is 16.0 Å². The van der Waals surface area contributed by atoms with E-state index in [4.69, 9.17) is 9.84 Å². The Bertz CT molecular complexity index is 633. The minimum atomic E-state index is -0.869. The first-order valence-corrected chi connectivity index (χ1v) is 9.98. The van der Waals surface area contributed by atoms with Crippen LogP contribution in [0.25, 0.3) is 0 Å². The summed E-state index contributed by atoms with van der Waals surface area (Å²) in [6, 6.07) is 8.60. The quantitative estimate of drug-likeness (QED) is 0.631. The summed E-state index contributed by atoms with van der Waals surface area (Å²) >= 11 is 0. The number of hydrogen-bond acceptors (Lipinski definition) is 4. The molecule has 1 fully saturated rings. The molecule has 1 aromatic carbocycles. The van der Waals surface area contributed by atoms with E-state index in [1.807, 2.05) is 0 Å². The lowest BCUT2D eigenvalue weighted by molar-refractivity contribution is -0.138. The van der Waals surface area contributed by atoms with Crippen LogP contribution in [0.5, 0.6) is 0 Å². The molecule has 156 valence electrons. The first kappa shape index (κ1) is 22.2. The highest BCUT2D eigenvalue weighted by molar-refractivity contribution is 5.74. The largest absolute Gasteiger partial charge is 0.480 e. The molecule has 1 aliphatic rings. The minimum absolute atomic E-state index is 0.0375. The molecule has 1 heterocycles. The van der Waals surface area contributed by atoms with E-state index in [9.17, 15) is 9.59 Å². The average Bonchev–Trinajstić information content (AvgIpc) is 2.65. The Morgan fingerprint density at radius 1 is 1.32 bits per heavy atom. The summed E-state index contributed by atoms with van der Waals surface area (Å²) in [7, 11) is 1.74. The Morgan fingerprint density at radius 2 is 2.04 bits per heavy atom. The molecular weight excluding hydrogens is 358 g/mol. The van der Waals surface area contributed by atoms with Gasteiger partial charge in [0.15, 0.2) is 0 Å². The predicted molar refractivity (Wildman–Crippen MR) is 109 cm³/mol. The fourth-order valence-corrected chi connectivity index (χ4v) is 3.33. The molecule has 1 aliphatic heterocycles. The zero-order valence-electron chi connectivity index (χ0n) is 17.2. The average molecular weight is 392 g/mol. The van der Waals surface area contributed by atoms with Gasteiger partial charge >= 0.3 is 12.0 Å². The van der Waals surface area contributed by atoms with Gasteiger partial charge in [0.2, 0.25) is 0 Å². The summed E-state index contributed by atoms with van der Waals surface area (Å²) in [5, 5.41) is 11.8. The van der Waals surface area contributed by atoms with E-state index in [2.05, 4.69) is 43.4 Å². The van der Waals surface area contributed by atoms with Gasteiger partial charge in [-0.15, -0.1) is 0 Å². The van der Waals surface area contributed by atoms with Crippen molar-refractivity contribution in [3.8, 4) is 0 Å². The maximum Gasteiger partial charge on any atom is 0.317 e. The van der Waals surface area contributed by atoms with Crippen LogP contribution in [0.3, 0.4) is 0 Å². The Morgan fingerprint density at radius 3 is 2.68 bits per heavy atom. The molecule has 2 amide bonds. The molecule has 0 aromatic heterocycles. The normalized spacial score (nSPS) is 17.2. The number of aliphatic carboxylic acids is 1. The number of carbonyl (C=O) groups is 2.